The molecule has 2 aromatic heterocycles. The zero-order chi connectivity index (χ0) is 19.0. The minimum absolute atomic E-state index is 0.00854. The van der Waals surface area contributed by atoms with Crippen molar-refractivity contribution in [1.82, 2.24) is 15.0 Å². The molecule has 0 spiro atoms. The molecule has 0 amide bonds. The predicted octanol–water partition coefficient (Wildman–Crippen LogP) is 4.82. The summed E-state index contributed by atoms with van der Waals surface area (Å²) in [7, 11) is 1.61. The molecule has 4 nitrogen and oxygen atoms in total. The third kappa shape index (κ3) is 2.97. The number of nitrogens with one attached hydrogen (secondary N) is 1. The molecule has 2 heterocycles. The topological polar surface area (TPSA) is 50.7 Å². The minimum Gasteiger partial charge on any atom is -0.372 e. The predicted molar refractivity (Wildman–Crippen MR) is 97.6 cm³/mol. The largest absolute Gasteiger partial charge is 0.372 e. The van der Waals surface area contributed by atoms with E-state index in [0.717, 1.165) is 12.1 Å². The molecule has 0 bridgehead atoms. The Balaban J connectivity index is 1.95. The number of benzene rings is 2. The second-order valence-corrected chi connectivity index (χ2v) is 5.83. The molecular formula is C20H13F3N4. The lowest BCUT2D eigenvalue weighted by atomic mass is 10.0. The Bertz CT molecular complexity index is 1150. The van der Waals surface area contributed by atoms with Crippen molar-refractivity contribution in [3.63, 3.8) is 0 Å². The summed E-state index contributed by atoms with van der Waals surface area (Å²) in [4.78, 5) is 12.8. The van der Waals surface area contributed by atoms with Gasteiger partial charge in [-0.25, -0.2) is 23.1 Å². The van der Waals surface area contributed by atoms with E-state index in [1.54, 1.807) is 37.6 Å². The zero-order valence-corrected chi connectivity index (χ0v) is 14.2. The highest BCUT2D eigenvalue weighted by Crippen LogP contribution is 2.34. The molecule has 1 N–H and O–H groups in total. The highest BCUT2D eigenvalue weighted by molar-refractivity contribution is 5.94. The first-order valence-electron chi connectivity index (χ1n) is 8.12. The van der Waals surface area contributed by atoms with Gasteiger partial charge in [0, 0.05) is 42.2 Å². The fraction of sp³-hybridized carbons (Fsp3) is 0.0500. The highest BCUT2D eigenvalue weighted by atomic mass is 19.1. The van der Waals surface area contributed by atoms with Crippen LogP contribution in [0.2, 0.25) is 0 Å². The van der Waals surface area contributed by atoms with Crippen LogP contribution in [0.3, 0.4) is 0 Å². The molecule has 0 aliphatic heterocycles. The quantitative estimate of drug-likeness (QED) is 0.565. The van der Waals surface area contributed by atoms with Crippen LogP contribution in [-0.4, -0.2) is 22.0 Å². The summed E-state index contributed by atoms with van der Waals surface area (Å²) < 4.78 is 42.5. The van der Waals surface area contributed by atoms with E-state index in [9.17, 15) is 8.78 Å². The van der Waals surface area contributed by atoms with E-state index in [0.29, 0.717) is 16.9 Å². The summed E-state index contributed by atoms with van der Waals surface area (Å²) in [5, 5.41) is 2.99. The van der Waals surface area contributed by atoms with Gasteiger partial charge in [0.1, 0.15) is 23.3 Å². The second kappa shape index (κ2) is 6.68. The molecule has 4 aromatic rings. The first kappa shape index (κ1) is 17.0. The van der Waals surface area contributed by atoms with Crippen molar-refractivity contribution in [2.75, 3.05) is 12.4 Å². The molecule has 0 radical (unpaired) electrons. The Hall–Kier alpha value is -3.48. The third-order valence-electron chi connectivity index (χ3n) is 4.18. The average Bonchev–Trinajstić information content (AvgIpc) is 2.69. The number of pyridine rings is 1. The van der Waals surface area contributed by atoms with Crippen molar-refractivity contribution in [3.8, 4) is 22.5 Å². The van der Waals surface area contributed by atoms with Crippen LogP contribution in [0.25, 0.3) is 33.4 Å². The summed E-state index contributed by atoms with van der Waals surface area (Å²) in [6, 6.07) is 9.57. The van der Waals surface area contributed by atoms with Crippen molar-refractivity contribution >= 4 is 16.7 Å². The Kier molecular flexibility index (Phi) is 4.19. The average molecular weight is 366 g/mol. The van der Waals surface area contributed by atoms with Crippen LogP contribution < -0.4 is 5.32 Å². The molecule has 0 aliphatic carbocycles. The fourth-order valence-corrected chi connectivity index (χ4v) is 2.91. The Morgan fingerprint density at radius 3 is 2.44 bits per heavy atom. The third-order valence-corrected chi connectivity index (χ3v) is 4.18. The van der Waals surface area contributed by atoms with Gasteiger partial charge in [-0.2, -0.15) is 0 Å². The van der Waals surface area contributed by atoms with Crippen molar-refractivity contribution in [1.29, 1.82) is 0 Å². The molecule has 0 unspecified atom stereocenters. The maximum Gasteiger partial charge on any atom is 0.163 e. The molecule has 2 aromatic carbocycles. The van der Waals surface area contributed by atoms with Crippen molar-refractivity contribution in [2.24, 2.45) is 0 Å². The Morgan fingerprint density at radius 1 is 0.926 bits per heavy atom. The van der Waals surface area contributed by atoms with Crippen LogP contribution >= 0.6 is 0 Å². The van der Waals surface area contributed by atoms with Gasteiger partial charge >= 0.3 is 0 Å². The lowest BCUT2D eigenvalue weighted by Gasteiger charge is -2.12. The number of aromatic nitrogens is 3. The van der Waals surface area contributed by atoms with E-state index in [2.05, 4.69) is 20.3 Å². The normalized spacial score (nSPS) is 11.0. The molecule has 0 atom stereocenters. The first-order valence-corrected chi connectivity index (χ1v) is 8.12. The number of halogens is 3. The number of rotatable bonds is 3. The Labute approximate surface area is 152 Å². The van der Waals surface area contributed by atoms with Crippen LogP contribution in [0, 0.1) is 17.5 Å². The number of fused-ring (bicyclic) bond motifs is 1. The summed E-state index contributed by atoms with van der Waals surface area (Å²) in [6.07, 6.45) is 3.24. The van der Waals surface area contributed by atoms with Gasteiger partial charge in [0.2, 0.25) is 0 Å². The lowest BCUT2D eigenvalue weighted by Crippen LogP contribution is -2.02. The number of hydrogen-bond acceptors (Lipinski definition) is 4. The zero-order valence-electron chi connectivity index (χ0n) is 14.2. The number of nitrogens with zero attached hydrogens (tertiary/aromatic N) is 3. The molecule has 0 aliphatic rings. The van der Waals surface area contributed by atoms with E-state index in [1.807, 2.05) is 0 Å². The maximum atomic E-state index is 15.2. The molecule has 0 saturated heterocycles. The summed E-state index contributed by atoms with van der Waals surface area (Å²) >= 11 is 0. The maximum absolute atomic E-state index is 15.2. The van der Waals surface area contributed by atoms with E-state index in [-0.39, 0.29) is 22.3 Å². The Morgan fingerprint density at radius 2 is 1.74 bits per heavy atom. The van der Waals surface area contributed by atoms with E-state index in [4.69, 9.17) is 0 Å². The van der Waals surface area contributed by atoms with Gasteiger partial charge in [-0.1, -0.05) is 0 Å². The smallest absolute Gasteiger partial charge is 0.163 e. The molecule has 0 saturated carbocycles. The minimum atomic E-state index is -0.841. The number of anilines is 1. The monoisotopic (exact) mass is 366 g/mol. The molecule has 7 heteroatoms. The lowest BCUT2D eigenvalue weighted by molar-refractivity contribution is 0.583. The van der Waals surface area contributed by atoms with E-state index in [1.165, 1.54) is 12.1 Å². The summed E-state index contributed by atoms with van der Waals surface area (Å²) in [5.41, 5.74) is 1.02. The van der Waals surface area contributed by atoms with E-state index < -0.39 is 17.5 Å². The van der Waals surface area contributed by atoms with Crippen LogP contribution in [0.1, 0.15) is 0 Å². The molecular weight excluding hydrogens is 353 g/mol. The summed E-state index contributed by atoms with van der Waals surface area (Å²) in [5.74, 6) is -1.59. The second-order valence-electron chi connectivity index (χ2n) is 5.83. The molecule has 134 valence electrons. The molecule has 27 heavy (non-hydrogen) atoms. The van der Waals surface area contributed by atoms with Gasteiger partial charge in [-0.15, -0.1) is 0 Å². The van der Waals surface area contributed by atoms with Gasteiger partial charge in [0.15, 0.2) is 5.82 Å². The fourth-order valence-electron chi connectivity index (χ4n) is 2.91. The summed E-state index contributed by atoms with van der Waals surface area (Å²) in [6.45, 7) is 0. The highest BCUT2D eigenvalue weighted by Gasteiger charge is 2.18. The van der Waals surface area contributed by atoms with Gasteiger partial charge in [0.05, 0.1) is 10.9 Å². The van der Waals surface area contributed by atoms with Gasteiger partial charge in [-0.3, -0.25) is 4.98 Å². The van der Waals surface area contributed by atoms with E-state index >= 15 is 4.39 Å². The van der Waals surface area contributed by atoms with Crippen molar-refractivity contribution in [3.05, 3.63) is 72.3 Å². The van der Waals surface area contributed by atoms with Gasteiger partial charge < -0.3 is 5.32 Å². The van der Waals surface area contributed by atoms with Crippen LogP contribution in [0.4, 0.5) is 19.0 Å². The van der Waals surface area contributed by atoms with Gasteiger partial charge in [-0.05, 0) is 36.4 Å². The van der Waals surface area contributed by atoms with Crippen molar-refractivity contribution in [2.45, 2.75) is 0 Å². The van der Waals surface area contributed by atoms with Crippen LogP contribution in [0.5, 0.6) is 0 Å². The SMILES string of the molecule is CNc1nc(-c2cccnc2)nc2ccc(-c3ccc(F)cc3F)c(F)c12. The standard InChI is InChI=1S/C20H13F3N4/c1-24-20-17-16(26-19(27-20)11-3-2-8-25-10-11)7-6-14(18(17)23)13-5-4-12(21)9-15(13)22/h2-10H,1H3,(H,24,26,27). The number of hydrogen-bond donors (Lipinski definition) is 1. The first-order chi connectivity index (χ1) is 13.1. The molecule has 4 rings (SSSR count). The van der Waals surface area contributed by atoms with Crippen molar-refractivity contribution < 1.29 is 13.2 Å². The van der Waals surface area contributed by atoms with Gasteiger partial charge in [0.25, 0.3) is 0 Å². The van der Waals surface area contributed by atoms with Crippen LogP contribution in [0.15, 0.2) is 54.9 Å². The molecule has 0 fully saturated rings. The van der Waals surface area contributed by atoms with Crippen LogP contribution in [-0.2, 0) is 0 Å².